The molecule has 2 atom stereocenters. The Bertz CT molecular complexity index is 590. The summed E-state index contributed by atoms with van der Waals surface area (Å²) in [6.45, 7) is 8.59. The molecule has 1 aromatic rings. The lowest BCUT2D eigenvalue weighted by atomic mass is 9.57. The van der Waals surface area contributed by atoms with Crippen LogP contribution in [0.2, 0.25) is 0 Å². The Morgan fingerprint density at radius 1 is 1.44 bits per heavy atom. The molecular formula is C19H31N3O3. The maximum absolute atomic E-state index is 11.4. The normalized spacial score (nSPS) is 26.5. The monoisotopic (exact) mass is 349 g/mol. The molecule has 2 fully saturated rings. The van der Waals surface area contributed by atoms with Gasteiger partial charge in [0, 0.05) is 45.3 Å². The van der Waals surface area contributed by atoms with Gasteiger partial charge < -0.3 is 19.5 Å². The maximum atomic E-state index is 11.4. The first-order chi connectivity index (χ1) is 11.9. The van der Waals surface area contributed by atoms with Crippen molar-refractivity contribution in [3.63, 3.8) is 0 Å². The van der Waals surface area contributed by atoms with Gasteiger partial charge in [0.1, 0.15) is 6.61 Å². The average Bonchev–Trinajstić information content (AvgIpc) is 3.02. The van der Waals surface area contributed by atoms with E-state index in [0.717, 1.165) is 43.8 Å². The Kier molecular flexibility index (Phi) is 5.49. The summed E-state index contributed by atoms with van der Waals surface area (Å²) < 4.78 is 10.4. The van der Waals surface area contributed by atoms with E-state index in [1.165, 1.54) is 6.42 Å². The molecule has 0 aromatic carbocycles. The van der Waals surface area contributed by atoms with Crippen molar-refractivity contribution in [3.8, 4) is 0 Å². The molecule has 2 aliphatic rings. The van der Waals surface area contributed by atoms with Crippen LogP contribution in [0, 0.1) is 11.3 Å². The van der Waals surface area contributed by atoms with Crippen molar-refractivity contribution in [1.82, 2.24) is 15.4 Å². The van der Waals surface area contributed by atoms with Crippen LogP contribution in [0.3, 0.4) is 0 Å². The predicted molar refractivity (Wildman–Crippen MR) is 95.0 cm³/mol. The lowest BCUT2D eigenvalue weighted by molar-refractivity contribution is -0.130. The number of rotatable bonds is 6. The summed E-state index contributed by atoms with van der Waals surface area (Å²) in [6, 6.07) is 3.08. The molecule has 1 aliphatic carbocycles. The number of nitrogens with zero attached hydrogens (tertiary/aromatic N) is 2. The molecule has 6 nitrogen and oxygen atoms in total. The predicted octanol–water partition coefficient (Wildman–Crippen LogP) is 2.38. The second kappa shape index (κ2) is 7.46. The van der Waals surface area contributed by atoms with Crippen LogP contribution < -0.4 is 5.32 Å². The number of aromatic nitrogens is 1. The van der Waals surface area contributed by atoms with Gasteiger partial charge in [-0.1, -0.05) is 19.0 Å². The van der Waals surface area contributed by atoms with Crippen LogP contribution in [0.15, 0.2) is 10.6 Å². The molecule has 140 valence electrons. The molecule has 1 aromatic heterocycles. The number of ether oxygens (including phenoxy) is 1. The highest BCUT2D eigenvalue weighted by Crippen LogP contribution is 2.48. The van der Waals surface area contributed by atoms with Gasteiger partial charge in [-0.15, -0.1) is 0 Å². The van der Waals surface area contributed by atoms with Crippen LogP contribution in [0.25, 0.3) is 0 Å². The topological polar surface area (TPSA) is 67.6 Å². The van der Waals surface area contributed by atoms with Crippen LogP contribution >= 0.6 is 0 Å². The number of methoxy groups -OCH3 is 1. The number of likely N-dealkylation sites (tertiary alicyclic amines) is 1. The van der Waals surface area contributed by atoms with Gasteiger partial charge in [-0.2, -0.15) is 0 Å². The zero-order valence-corrected chi connectivity index (χ0v) is 15.9. The highest BCUT2D eigenvalue weighted by Gasteiger charge is 2.48. The van der Waals surface area contributed by atoms with Gasteiger partial charge >= 0.3 is 0 Å². The van der Waals surface area contributed by atoms with E-state index in [4.69, 9.17) is 9.26 Å². The first-order valence-electron chi connectivity index (χ1n) is 9.35. The van der Waals surface area contributed by atoms with E-state index in [1.807, 2.05) is 11.0 Å². The molecule has 0 bridgehead atoms. The molecule has 3 rings (SSSR count). The van der Waals surface area contributed by atoms with Gasteiger partial charge in [-0.25, -0.2) is 0 Å². The first kappa shape index (κ1) is 18.4. The fourth-order valence-electron chi connectivity index (χ4n) is 4.21. The summed E-state index contributed by atoms with van der Waals surface area (Å²) in [7, 11) is 1.66. The SMILES string of the molecule is COCc1cc(C[C@@H]2C[C@H](NC3CCN(C(C)=O)CC3)C2(C)C)no1. The number of amides is 1. The molecular weight excluding hydrogens is 318 g/mol. The Morgan fingerprint density at radius 3 is 2.76 bits per heavy atom. The van der Waals surface area contributed by atoms with Gasteiger partial charge in [0.05, 0.1) is 5.69 Å². The number of piperidine rings is 1. The minimum absolute atomic E-state index is 0.197. The summed E-state index contributed by atoms with van der Waals surface area (Å²) in [5.41, 5.74) is 1.27. The molecule has 1 aliphatic heterocycles. The molecule has 1 amide bonds. The van der Waals surface area contributed by atoms with Crippen LogP contribution in [0.4, 0.5) is 0 Å². The second-order valence-corrected chi connectivity index (χ2v) is 8.18. The standard InChI is InChI=1S/C19H31N3O3/c1-13(23)22-7-5-15(6-8-22)20-18-10-14(19(18,2)3)9-16-11-17(12-24-4)25-21-16/h11,14-15,18,20H,5-10,12H2,1-4H3/t14-,18+/m1/s1. The van der Waals surface area contributed by atoms with Crippen LogP contribution in [-0.2, 0) is 22.6 Å². The van der Waals surface area contributed by atoms with E-state index in [1.54, 1.807) is 14.0 Å². The van der Waals surface area contributed by atoms with Crippen LogP contribution in [-0.4, -0.2) is 48.2 Å². The Balaban J connectivity index is 1.47. The van der Waals surface area contributed by atoms with Crippen LogP contribution in [0.5, 0.6) is 0 Å². The zero-order chi connectivity index (χ0) is 18.0. The second-order valence-electron chi connectivity index (χ2n) is 8.18. The summed E-state index contributed by atoms with van der Waals surface area (Å²) >= 11 is 0. The molecule has 25 heavy (non-hydrogen) atoms. The van der Waals surface area contributed by atoms with Gasteiger partial charge in [0.2, 0.25) is 5.91 Å². The lowest BCUT2D eigenvalue weighted by Gasteiger charge is -2.54. The molecule has 2 heterocycles. The van der Waals surface area contributed by atoms with E-state index in [0.29, 0.717) is 24.6 Å². The van der Waals surface area contributed by atoms with Gasteiger partial charge in [-0.05, 0) is 37.0 Å². The van der Waals surface area contributed by atoms with Crippen molar-refractivity contribution in [2.45, 2.75) is 65.1 Å². The molecule has 0 radical (unpaired) electrons. The highest BCUT2D eigenvalue weighted by molar-refractivity contribution is 5.73. The fourth-order valence-corrected chi connectivity index (χ4v) is 4.21. The van der Waals surface area contributed by atoms with Gasteiger partial charge in [-0.3, -0.25) is 4.79 Å². The average molecular weight is 349 g/mol. The smallest absolute Gasteiger partial charge is 0.219 e. The molecule has 0 spiro atoms. The summed E-state index contributed by atoms with van der Waals surface area (Å²) in [5.74, 6) is 1.60. The quantitative estimate of drug-likeness (QED) is 0.854. The third-order valence-electron chi connectivity index (χ3n) is 6.20. The molecule has 0 unspecified atom stereocenters. The number of hydrogen-bond acceptors (Lipinski definition) is 5. The van der Waals surface area contributed by atoms with Gasteiger partial charge in [0.25, 0.3) is 0 Å². The largest absolute Gasteiger partial charge is 0.377 e. The van der Waals surface area contributed by atoms with Crippen molar-refractivity contribution in [1.29, 1.82) is 0 Å². The van der Waals surface area contributed by atoms with E-state index in [9.17, 15) is 4.79 Å². The third-order valence-corrected chi connectivity index (χ3v) is 6.20. The Labute approximate surface area is 150 Å². The lowest BCUT2D eigenvalue weighted by Crippen LogP contribution is -2.61. The van der Waals surface area contributed by atoms with Crippen molar-refractivity contribution >= 4 is 5.91 Å². The molecule has 1 N–H and O–H groups in total. The van der Waals surface area contributed by atoms with Crippen molar-refractivity contribution in [3.05, 3.63) is 17.5 Å². The van der Waals surface area contributed by atoms with E-state index < -0.39 is 0 Å². The highest BCUT2D eigenvalue weighted by atomic mass is 16.5. The Morgan fingerprint density at radius 2 is 2.16 bits per heavy atom. The number of carbonyl (C=O) groups is 1. The fraction of sp³-hybridized carbons (Fsp3) is 0.789. The van der Waals surface area contributed by atoms with Crippen molar-refractivity contribution in [2.75, 3.05) is 20.2 Å². The van der Waals surface area contributed by atoms with E-state index >= 15 is 0 Å². The molecule has 1 saturated carbocycles. The molecule has 6 heteroatoms. The summed E-state index contributed by atoms with van der Waals surface area (Å²) in [6.07, 6.45) is 4.24. The van der Waals surface area contributed by atoms with E-state index in [-0.39, 0.29) is 11.3 Å². The summed E-state index contributed by atoms with van der Waals surface area (Å²) in [4.78, 5) is 13.4. The maximum Gasteiger partial charge on any atom is 0.219 e. The minimum Gasteiger partial charge on any atom is -0.377 e. The van der Waals surface area contributed by atoms with Crippen LogP contribution in [0.1, 0.15) is 51.5 Å². The van der Waals surface area contributed by atoms with Crippen molar-refractivity contribution < 1.29 is 14.1 Å². The van der Waals surface area contributed by atoms with E-state index in [2.05, 4.69) is 24.3 Å². The molecule has 1 saturated heterocycles. The summed E-state index contributed by atoms with van der Waals surface area (Å²) in [5, 5.41) is 8.02. The first-order valence-corrected chi connectivity index (χ1v) is 9.35. The number of nitrogens with one attached hydrogen (secondary N) is 1. The third kappa shape index (κ3) is 4.06. The van der Waals surface area contributed by atoms with Crippen molar-refractivity contribution in [2.24, 2.45) is 11.3 Å². The minimum atomic E-state index is 0.197. The Hall–Kier alpha value is -1.40. The zero-order valence-electron chi connectivity index (χ0n) is 15.9. The number of carbonyl (C=O) groups excluding carboxylic acids is 1. The van der Waals surface area contributed by atoms with Gasteiger partial charge in [0.15, 0.2) is 5.76 Å². The number of hydrogen-bond donors (Lipinski definition) is 1.